The highest BCUT2D eigenvalue weighted by atomic mass is 16.4. The molecule has 4 nitrogen and oxygen atoms in total. The van der Waals surface area contributed by atoms with Gasteiger partial charge in [-0.3, -0.25) is 9.59 Å². The Balaban J connectivity index is 1.79. The van der Waals surface area contributed by atoms with Crippen molar-refractivity contribution in [2.45, 2.75) is 38.6 Å². The van der Waals surface area contributed by atoms with Crippen LogP contribution in [0.4, 0.5) is 0 Å². The first kappa shape index (κ1) is 10.5. The summed E-state index contributed by atoms with van der Waals surface area (Å²) in [5.74, 6) is -0.901. The largest absolute Gasteiger partial charge is 0.481 e. The van der Waals surface area contributed by atoms with Gasteiger partial charge in [0.2, 0.25) is 5.91 Å². The zero-order valence-corrected chi connectivity index (χ0v) is 8.90. The van der Waals surface area contributed by atoms with E-state index in [2.05, 4.69) is 12.2 Å². The van der Waals surface area contributed by atoms with Gasteiger partial charge in [-0.05, 0) is 31.6 Å². The third-order valence-corrected chi connectivity index (χ3v) is 3.65. The normalized spacial score (nSPS) is 38.7. The highest BCUT2D eigenvalue weighted by Gasteiger charge is 2.42. The zero-order chi connectivity index (χ0) is 11.0. The van der Waals surface area contributed by atoms with Crippen LogP contribution in [0.2, 0.25) is 0 Å². The molecular formula is C11H17NO3. The van der Waals surface area contributed by atoms with Crippen molar-refractivity contribution in [2.24, 2.45) is 17.8 Å². The van der Waals surface area contributed by atoms with E-state index in [4.69, 9.17) is 5.11 Å². The van der Waals surface area contributed by atoms with Crippen LogP contribution in [0.5, 0.6) is 0 Å². The summed E-state index contributed by atoms with van der Waals surface area (Å²) >= 11 is 0. The lowest BCUT2D eigenvalue weighted by atomic mass is 9.72. The van der Waals surface area contributed by atoms with Crippen molar-refractivity contribution < 1.29 is 14.7 Å². The summed E-state index contributed by atoms with van der Waals surface area (Å²) in [4.78, 5) is 22.4. The first-order valence-corrected chi connectivity index (χ1v) is 5.61. The first-order valence-electron chi connectivity index (χ1n) is 5.61. The monoisotopic (exact) mass is 211 g/mol. The third kappa shape index (κ3) is 1.98. The van der Waals surface area contributed by atoms with Gasteiger partial charge in [-0.25, -0.2) is 0 Å². The van der Waals surface area contributed by atoms with E-state index in [0.29, 0.717) is 18.4 Å². The van der Waals surface area contributed by atoms with Crippen LogP contribution in [-0.2, 0) is 9.59 Å². The van der Waals surface area contributed by atoms with Crippen LogP contribution >= 0.6 is 0 Å². The lowest BCUT2D eigenvalue weighted by molar-refractivity contribution is -0.153. The summed E-state index contributed by atoms with van der Waals surface area (Å²) in [7, 11) is 0. The quantitative estimate of drug-likeness (QED) is 0.732. The lowest BCUT2D eigenvalue weighted by Gasteiger charge is -2.37. The molecule has 0 aromatic rings. The van der Waals surface area contributed by atoms with Crippen LogP contribution in [0.25, 0.3) is 0 Å². The van der Waals surface area contributed by atoms with E-state index in [1.165, 1.54) is 0 Å². The van der Waals surface area contributed by atoms with Gasteiger partial charge in [0.1, 0.15) is 0 Å². The summed E-state index contributed by atoms with van der Waals surface area (Å²) in [5.41, 5.74) is 0. The number of aliphatic carboxylic acids is 1. The lowest BCUT2D eigenvalue weighted by Crippen LogP contribution is -2.50. The molecule has 2 rings (SSSR count). The summed E-state index contributed by atoms with van der Waals surface area (Å²) in [6, 6.07) is 0.294. The minimum Gasteiger partial charge on any atom is -0.481 e. The number of amides is 1. The van der Waals surface area contributed by atoms with Crippen molar-refractivity contribution in [2.75, 3.05) is 0 Å². The molecule has 2 unspecified atom stereocenters. The van der Waals surface area contributed by atoms with E-state index in [0.717, 1.165) is 19.3 Å². The van der Waals surface area contributed by atoms with Gasteiger partial charge < -0.3 is 10.4 Å². The number of carbonyl (C=O) groups excluding carboxylic acids is 1. The molecule has 0 radical (unpaired) electrons. The van der Waals surface area contributed by atoms with Crippen LogP contribution in [0.1, 0.15) is 32.6 Å². The smallest absolute Gasteiger partial charge is 0.307 e. The molecular weight excluding hydrogens is 194 g/mol. The van der Waals surface area contributed by atoms with Gasteiger partial charge in [0, 0.05) is 6.04 Å². The number of nitrogens with one attached hydrogen (secondary N) is 1. The Bertz CT molecular complexity index is 284. The number of hydrogen-bond donors (Lipinski definition) is 2. The first-order chi connectivity index (χ1) is 7.08. The van der Waals surface area contributed by atoms with E-state index in [1.807, 2.05) is 0 Å². The van der Waals surface area contributed by atoms with Gasteiger partial charge in [-0.2, -0.15) is 0 Å². The molecule has 2 saturated carbocycles. The fourth-order valence-corrected chi connectivity index (χ4v) is 2.44. The van der Waals surface area contributed by atoms with Crippen molar-refractivity contribution in [1.82, 2.24) is 5.32 Å². The van der Waals surface area contributed by atoms with Crippen LogP contribution in [-0.4, -0.2) is 23.0 Å². The van der Waals surface area contributed by atoms with Crippen molar-refractivity contribution in [1.29, 1.82) is 0 Å². The van der Waals surface area contributed by atoms with Crippen molar-refractivity contribution in [3.63, 3.8) is 0 Å². The average Bonchev–Trinajstić information content (AvgIpc) is 1.97. The van der Waals surface area contributed by atoms with E-state index in [-0.39, 0.29) is 11.8 Å². The van der Waals surface area contributed by atoms with Crippen LogP contribution < -0.4 is 5.32 Å². The Hall–Kier alpha value is -1.06. The Morgan fingerprint density at radius 2 is 1.80 bits per heavy atom. The number of carboxylic acids is 1. The molecule has 0 saturated heterocycles. The molecule has 2 aliphatic carbocycles. The topological polar surface area (TPSA) is 66.4 Å². The molecule has 2 fully saturated rings. The number of rotatable bonds is 3. The third-order valence-electron chi connectivity index (χ3n) is 3.65. The van der Waals surface area contributed by atoms with Gasteiger partial charge in [0.25, 0.3) is 0 Å². The predicted molar refractivity (Wildman–Crippen MR) is 54.2 cm³/mol. The molecule has 2 aliphatic rings. The van der Waals surface area contributed by atoms with Crippen LogP contribution in [0.15, 0.2) is 0 Å². The van der Waals surface area contributed by atoms with Gasteiger partial charge in [0.05, 0.1) is 11.8 Å². The second-order valence-electron chi connectivity index (χ2n) is 4.91. The van der Waals surface area contributed by atoms with Crippen molar-refractivity contribution in [3.05, 3.63) is 0 Å². The molecule has 15 heavy (non-hydrogen) atoms. The minimum absolute atomic E-state index is 0.0504. The molecule has 1 amide bonds. The minimum atomic E-state index is -0.830. The van der Waals surface area contributed by atoms with Gasteiger partial charge in [-0.1, -0.05) is 6.92 Å². The Labute approximate surface area is 89.0 Å². The summed E-state index contributed by atoms with van der Waals surface area (Å²) < 4.78 is 0. The molecule has 2 atom stereocenters. The zero-order valence-electron chi connectivity index (χ0n) is 8.90. The molecule has 0 aromatic carbocycles. The van der Waals surface area contributed by atoms with E-state index >= 15 is 0 Å². The maximum atomic E-state index is 11.7. The highest BCUT2D eigenvalue weighted by molar-refractivity contribution is 5.86. The van der Waals surface area contributed by atoms with Crippen molar-refractivity contribution in [3.8, 4) is 0 Å². The predicted octanol–water partition coefficient (Wildman–Crippen LogP) is 1.01. The maximum Gasteiger partial charge on any atom is 0.307 e. The summed E-state index contributed by atoms with van der Waals surface area (Å²) in [5, 5.41) is 11.8. The Morgan fingerprint density at radius 1 is 1.20 bits per heavy atom. The second-order valence-corrected chi connectivity index (χ2v) is 4.91. The fourth-order valence-electron chi connectivity index (χ4n) is 2.44. The number of carbonyl (C=O) groups is 2. The summed E-state index contributed by atoms with van der Waals surface area (Å²) in [6.45, 7) is 2.16. The SMILES string of the molecule is CC1CC(NC(=O)C2CCC2C(=O)O)C1. The number of hydrogen-bond acceptors (Lipinski definition) is 2. The molecule has 0 aromatic heterocycles. The maximum absolute atomic E-state index is 11.7. The summed E-state index contributed by atoms with van der Waals surface area (Å²) in [6.07, 6.45) is 3.45. The Kier molecular flexibility index (Phi) is 2.67. The van der Waals surface area contributed by atoms with Gasteiger partial charge >= 0.3 is 5.97 Å². The van der Waals surface area contributed by atoms with E-state index < -0.39 is 11.9 Å². The molecule has 0 bridgehead atoms. The van der Waals surface area contributed by atoms with Crippen LogP contribution in [0, 0.1) is 17.8 Å². The molecule has 0 aliphatic heterocycles. The second kappa shape index (κ2) is 3.83. The number of carboxylic acid groups (broad SMARTS) is 1. The molecule has 0 spiro atoms. The fraction of sp³-hybridized carbons (Fsp3) is 0.818. The molecule has 84 valence electrons. The van der Waals surface area contributed by atoms with Gasteiger partial charge in [-0.15, -0.1) is 0 Å². The highest BCUT2D eigenvalue weighted by Crippen LogP contribution is 2.35. The average molecular weight is 211 g/mol. The van der Waals surface area contributed by atoms with E-state index in [9.17, 15) is 9.59 Å². The van der Waals surface area contributed by atoms with Crippen LogP contribution in [0.3, 0.4) is 0 Å². The van der Waals surface area contributed by atoms with Gasteiger partial charge in [0.15, 0.2) is 0 Å². The molecule has 2 N–H and O–H groups in total. The molecule has 0 heterocycles. The van der Waals surface area contributed by atoms with Crippen molar-refractivity contribution >= 4 is 11.9 Å². The molecule has 4 heteroatoms. The Morgan fingerprint density at radius 3 is 2.20 bits per heavy atom. The standard InChI is InChI=1S/C11H17NO3/c1-6-4-7(5-6)12-10(13)8-2-3-9(8)11(14)15/h6-9H,2-5H2,1H3,(H,12,13)(H,14,15). The van der Waals surface area contributed by atoms with E-state index in [1.54, 1.807) is 0 Å².